The van der Waals surface area contributed by atoms with Gasteiger partial charge >= 0.3 is 5.97 Å². The van der Waals surface area contributed by atoms with Crippen LogP contribution >= 0.6 is 0 Å². The van der Waals surface area contributed by atoms with Gasteiger partial charge in [-0.2, -0.15) is 0 Å². The van der Waals surface area contributed by atoms with Crippen LogP contribution in [0.1, 0.15) is 10.5 Å². The lowest BCUT2D eigenvalue weighted by molar-refractivity contribution is 0.0686. The number of carboxylic acids is 1. The molecule has 0 aliphatic carbocycles. The molecular formula is C11H9NO5. The van der Waals surface area contributed by atoms with E-state index in [-0.39, 0.29) is 17.2 Å². The fourth-order valence-electron chi connectivity index (χ4n) is 1.34. The molecule has 6 nitrogen and oxygen atoms in total. The minimum Gasteiger partial charge on any atom is -0.507 e. The van der Waals surface area contributed by atoms with Gasteiger partial charge in [-0.3, -0.25) is 0 Å². The fraction of sp³-hybridized carbons (Fsp3) is 0.0909. The maximum absolute atomic E-state index is 10.6. The van der Waals surface area contributed by atoms with E-state index in [0.717, 1.165) is 0 Å². The first kappa shape index (κ1) is 11.0. The molecule has 0 atom stereocenters. The minimum atomic E-state index is -1.19. The molecule has 0 aliphatic rings. The Morgan fingerprint density at radius 3 is 2.76 bits per heavy atom. The summed E-state index contributed by atoms with van der Waals surface area (Å²) in [6.45, 7) is 0. The van der Waals surface area contributed by atoms with Crippen LogP contribution in [-0.2, 0) is 0 Å². The zero-order valence-corrected chi connectivity index (χ0v) is 8.88. The Hall–Kier alpha value is -2.50. The first-order chi connectivity index (χ1) is 8.11. The van der Waals surface area contributed by atoms with Gasteiger partial charge in [0.2, 0.25) is 0 Å². The summed E-state index contributed by atoms with van der Waals surface area (Å²) in [7, 11) is 1.49. The number of phenols is 1. The van der Waals surface area contributed by atoms with Crippen molar-refractivity contribution in [1.82, 2.24) is 5.16 Å². The van der Waals surface area contributed by atoms with Gasteiger partial charge in [-0.05, 0) is 18.2 Å². The van der Waals surface area contributed by atoms with Gasteiger partial charge in [0.1, 0.15) is 11.5 Å². The predicted octanol–water partition coefficient (Wildman–Crippen LogP) is 1.75. The third kappa shape index (κ3) is 2.05. The number of rotatable bonds is 3. The molecule has 0 saturated carbocycles. The number of aromatic nitrogens is 1. The van der Waals surface area contributed by atoms with Crippen molar-refractivity contribution in [2.75, 3.05) is 7.11 Å². The molecule has 6 heteroatoms. The van der Waals surface area contributed by atoms with Crippen LogP contribution in [-0.4, -0.2) is 28.4 Å². The van der Waals surface area contributed by atoms with E-state index in [9.17, 15) is 9.90 Å². The summed E-state index contributed by atoms with van der Waals surface area (Å²) >= 11 is 0. The lowest BCUT2D eigenvalue weighted by atomic mass is 10.1. The van der Waals surface area contributed by atoms with Crippen LogP contribution in [0, 0.1) is 0 Å². The molecule has 0 aliphatic heterocycles. The zero-order valence-electron chi connectivity index (χ0n) is 8.88. The highest BCUT2D eigenvalue weighted by atomic mass is 16.5. The van der Waals surface area contributed by atoms with Crippen molar-refractivity contribution >= 4 is 5.97 Å². The summed E-state index contributed by atoms with van der Waals surface area (Å²) in [5, 5.41) is 21.7. The molecule has 1 aromatic carbocycles. The number of hydrogen-bond acceptors (Lipinski definition) is 5. The summed E-state index contributed by atoms with van der Waals surface area (Å²) in [6, 6.07) is 5.77. The van der Waals surface area contributed by atoms with Gasteiger partial charge in [0.15, 0.2) is 11.5 Å². The van der Waals surface area contributed by atoms with Crippen molar-refractivity contribution in [2.45, 2.75) is 0 Å². The summed E-state index contributed by atoms with van der Waals surface area (Å²) in [5.74, 6) is -0.550. The van der Waals surface area contributed by atoms with Crippen LogP contribution < -0.4 is 4.74 Å². The van der Waals surface area contributed by atoms with Crippen molar-refractivity contribution in [2.24, 2.45) is 0 Å². The summed E-state index contributed by atoms with van der Waals surface area (Å²) in [4.78, 5) is 10.6. The molecule has 0 fully saturated rings. The summed E-state index contributed by atoms with van der Waals surface area (Å²) in [6.07, 6.45) is 0. The van der Waals surface area contributed by atoms with Crippen molar-refractivity contribution in [1.29, 1.82) is 0 Å². The van der Waals surface area contributed by atoms with E-state index in [1.54, 1.807) is 6.07 Å². The first-order valence-corrected chi connectivity index (χ1v) is 4.69. The van der Waals surface area contributed by atoms with Gasteiger partial charge in [-0.1, -0.05) is 5.16 Å². The second-order valence-corrected chi connectivity index (χ2v) is 3.26. The number of nitrogens with zero attached hydrogens (tertiary/aromatic N) is 1. The van der Waals surface area contributed by atoms with Crippen molar-refractivity contribution in [3.63, 3.8) is 0 Å². The minimum absolute atomic E-state index is 0.0427. The number of aromatic hydroxyl groups is 1. The quantitative estimate of drug-likeness (QED) is 0.841. The number of carboxylic acid groups (broad SMARTS) is 1. The molecule has 0 amide bonds. The largest absolute Gasteiger partial charge is 0.507 e. The van der Waals surface area contributed by atoms with E-state index < -0.39 is 5.97 Å². The standard InChI is InChI=1S/C11H9NO5/c1-16-6-2-3-9(13)7(4-6)10-5-8(11(14)15)12-17-10/h2-5,13H,1H3,(H,14,15). The highest BCUT2D eigenvalue weighted by Crippen LogP contribution is 2.32. The molecule has 1 aromatic heterocycles. The maximum atomic E-state index is 10.6. The van der Waals surface area contributed by atoms with Crippen molar-refractivity contribution < 1.29 is 24.3 Å². The normalized spacial score (nSPS) is 10.2. The molecule has 88 valence electrons. The number of aromatic carboxylic acids is 1. The number of ether oxygens (including phenoxy) is 1. The van der Waals surface area contributed by atoms with E-state index >= 15 is 0 Å². The molecule has 0 unspecified atom stereocenters. The van der Waals surface area contributed by atoms with E-state index in [2.05, 4.69) is 5.16 Å². The molecule has 0 spiro atoms. The second kappa shape index (κ2) is 4.17. The van der Waals surface area contributed by atoms with Crippen molar-refractivity contribution in [3.8, 4) is 22.8 Å². The smallest absolute Gasteiger partial charge is 0.358 e. The molecule has 0 radical (unpaired) electrons. The van der Waals surface area contributed by atoms with Crippen molar-refractivity contribution in [3.05, 3.63) is 30.0 Å². The highest BCUT2D eigenvalue weighted by molar-refractivity contribution is 5.86. The zero-order chi connectivity index (χ0) is 12.4. The lowest BCUT2D eigenvalue weighted by Gasteiger charge is -2.03. The Bertz CT molecular complexity index is 561. The first-order valence-electron chi connectivity index (χ1n) is 4.69. The molecule has 17 heavy (non-hydrogen) atoms. The van der Waals surface area contributed by atoms with Gasteiger partial charge in [0.05, 0.1) is 12.7 Å². The van der Waals surface area contributed by atoms with E-state index in [4.69, 9.17) is 14.4 Å². The van der Waals surface area contributed by atoms with Gasteiger partial charge in [-0.25, -0.2) is 4.79 Å². The monoisotopic (exact) mass is 235 g/mol. The summed E-state index contributed by atoms with van der Waals surface area (Å²) in [5.41, 5.74) is 0.103. The number of benzene rings is 1. The van der Waals surface area contributed by atoms with Crippen LogP contribution in [0.3, 0.4) is 0 Å². The van der Waals surface area contributed by atoms with Crippen LogP contribution in [0.25, 0.3) is 11.3 Å². The number of carbonyl (C=O) groups is 1. The Labute approximate surface area is 96.0 Å². The third-order valence-corrected chi connectivity index (χ3v) is 2.20. The second-order valence-electron chi connectivity index (χ2n) is 3.26. The third-order valence-electron chi connectivity index (χ3n) is 2.20. The highest BCUT2D eigenvalue weighted by Gasteiger charge is 2.15. The lowest BCUT2D eigenvalue weighted by Crippen LogP contribution is -1.94. The molecule has 2 N–H and O–H groups in total. The van der Waals surface area contributed by atoms with Gasteiger partial charge in [-0.15, -0.1) is 0 Å². The molecule has 2 rings (SSSR count). The van der Waals surface area contributed by atoms with Gasteiger partial charge < -0.3 is 19.5 Å². The van der Waals surface area contributed by atoms with Crippen LogP contribution in [0.4, 0.5) is 0 Å². The average Bonchev–Trinajstić information content (AvgIpc) is 2.79. The average molecular weight is 235 g/mol. The van der Waals surface area contributed by atoms with Crippen LogP contribution in [0.2, 0.25) is 0 Å². The van der Waals surface area contributed by atoms with Gasteiger partial charge in [0.25, 0.3) is 0 Å². The topological polar surface area (TPSA) is 92.8 Å². The molecule has 2 aromatic rings. The predicted molar refractivity (Wildman–Crippen MR) is 57.1 cm³/mol. The van der Waals surface area contributed by atoms with E-state index in [1.165, 1.54) is 25.3 Å². The number of phenolic OH excluding ortho intramolecular Hbond substituents is 1. The Kier molecular flexibility index (Phi) is 2.70. The molecule has 0 bridgehead atoms. The molecule has 1 heterocycles. The summed E-state index contributed by atoms with van der Waals surface area (Å²) < 4.78 is 9.84. The Morgan fingerprint density at radius 2 is 2.18 bits per heavy atom. The van der Waals surface area contributed by atoms with E-state index in [0.29, 0.717) is 11.3 Å². The molecular weight excluding hydrogens is 226 g/mol. The fourth-order valence-corrected chi connectivity index (χ4v) is 1.34. The number of hydrogen-bond donors (Lipinski definition) is 2. The Balaban J connectivity index is 2.47. The van der Waals surface area contributed by atoms with Gasteiger partial charge in [0, 0.05) is 6.07 Å². The van der Waals surface area contributed by atoms with E-state index in [1.807, 2.05) is 0 Å². The Morgan fingerprint density at radius 1 is 1.41 bits per heavy atom. The molecule has 0 saturated heterocycles. The SMILES string of the molecule is COc1ccc(O)c(-c2cc(C(=O)O)no2)c1. The maximum Gasteiger partial charge on any atom is 0.358 e. The van der Waals surface area contributed by atoms with Crippen LogP contribution in [0.5, 0.6) is 11.5 Å². The number of methoxy groups -OCH3 is 1. The van der Waals surface area contributed by atoms with Crippen LogP contribution in [0.15, 0.2) is 28.8 Å².